The number of fused-ring (bicyclic) bond motifs is 2. The molecule has 9 nitrogen and oxygen atoms in total. The topological polar surface area (TPSA) is 97.6 Å². The van der Waals surface area contributed by atoms with Gasteiger partial charge in [0.1, 0.15) is 19.8 Å². The summed E-state index contributed by atoms with van der Waals surface area (Å²) in [6.07, 6.45) is 0. The third-order valence-corrected chi connectivity index (χ3v) is 5.73. The van der Waals surface area contributed by atoms with Gasteiger partial charge < -0.3 is 28.3 Å². The molecule has 2 heterocycles. The molecule has 1 amide bonds. The van der Waals surface area contributed by atoms with Crippen molar-refractivity contribution < 1.29 is 33.3 Å². The van der Waals surface area contributed by atoms with Crippen molar-refractivity contribution in [2.45, 2.75) is 6.54 Å². The van der Waals surface area contributed by atoms with Gasteiger partial charge in [-0.3, -0.25) is 9.59 Å². The number of thiazole rings is 1. The molecular weight excluding hydrogens is 424 g/mol. The lowest BCUT2D eigenvalue weighted by Gasteiger charge is -2.18. The lowest BCUT2D eigenvalue weighted by molar-refractivity contribution is -0.141. The number of nitrogens with zero attached hydrogens (tertiary/aromatic N) is 2. The molecule has 31 heavy (non-hydrogen) atoms. The van der Waals surface area contributed by atoms with Gasteiger partial charge in [-0.1, -0.05) is 11.3 Å². The molecule has 0 saturated heterocycles. The number of hydrogen-bond donors (Lipinski definition) is 0. The molecule has 0 saturated carbocycles. The highest BCUT2D eigenvalue weighted by Crippen LogP contribution is 2.34. The Hall–Kier alpha value is -3.53. The quantitative estimate of drug-likeness (QED) is 0.558. The number of aromatic nitrogens is 1. The van der Waals surface area contributed by atoms with Crippen molar-refractivity contribution in [2.24, 2.45) is 4.99 Å². The van der Waals surface area contributed by atoms with Crippen LogP contribution in [0.3, 0.4) is 0 Å². The summed E-state index contributed by atoms with van der Waals surface area (Å²) in [5.41, 5.74) is 1.02. The van der Waals surface area contributed by atoms with E-state index in [1.165, 1.54) is 32.7 Å². The summed E-state index contributed by atoms with van der Waals surface area (Å²) >= 11 is 1.25. The number of benzene rings is 2. The number of carbonyl (C=O) groups is 2. The van der Waals surface area contributed by atoms with Gasteiger partial charge in [0.15, 0.2) is 27.8 Å². The van der Waals surface area contributed by atoms with Crippen molar-refractivity contribution in [3.63, 3.8) is 0 Å². The van der Waals surface area contributed by atoms with Crippen molar-refractivity contribution >= 4 is 33.4 Å². The number of carbonyl (C=O) groups excluding carboxylic acids is 2. The molecule has 0 radical (unpaired) electrons. The van der Waals surface area contributed by atoms with Crippen LogP contribution in [-0.2, 0) is 16.1 Å². The number of ether oxygens (including phenoxy) is 5. The Morgan fingerprint density at radius 1 is 1.03 bits per heavy atom. The highest BCUT2D eigenvalue weighted by molar-refractivity contribution is 7.16. The minimum absolute atomic E-state index is 0.112. The molecule has 0 bridgehead atoms. The van der Waals surface area contributed by atoms with Gasteiger partial charge in [0.25, 0.3) is 5.91 Å². The van der Waals surface area contributed by atoms with E-state index in [1.807, 2.05) is 0 Å². The first-order valence-electron chi connectivity index (χ1n) is 9.35. The van der Waals surface area contributed by atoms with Crippen LogP contribution in [0.5, 0.6) is 23.0 Å². The van der Waals surface area contributed by atoms with Crippen molar-refractivity contribution in [3.8, 4) is 23.0 Å². The first kappa shape index (κ1) is 20.7. The first-order valence-corrected chi connectivity index (χ1v) is 10.2. The Morgan fingerprint density at radius 2 is 1.74 bits per heavy atom. The van der Waals surface area contributed by atoms with Crippen LogP contribution < -0.4 is 23.7 Å². The summed E-state index contributed by atoms with van der Waals surface area (Å²) in [7, 11) is 4.37. The third kappa shape index (κ3) is 4.06. The van der Waals surface area contributed by atoms with Crippen LogP contribution in [0, 0.1) is 0 Å². The van der Waals surface area contributed by atoms with Crippen LogP contribution in [0.1, 0.15) is 10.4 Å². The van der Waals surface area contributed by atoms with Gasteiger partial charge in [-0.2, -0.15) is 4.99 Å². The minimum atomic E-state index is -0.471. The molecule has 1 aliphatic heterocycles. The van der Waals surface area contributed by atoms with Gasteiger partial charge in [0, 0.05) is 17.7 Å². The normalized spacial score (nSPS) is 13.2. The van der Waals surface area contributed by atoms with Crippen molar-refractivity contribution in [3.05, 3.63) is 40.7 Å². The Labute approximate surface area is 181 Å². The van der Waals surface area contributed by atoms with E-state index in [4.69, 9.17) is 23.7 Å². The Kier molecular flexibility index (Phi) is 5.81. The molecule has 10 heteroatoms. The molecular formula is C21H20N2O7S. The number of esters is 1. The maximum Gasteiger partial charge on any atom is 0.325 e. The zero-order valence-electron chi connectivity index (χ0n) is 17.2. The molecule has 0 aliphatic carbocycles. The van der Waals surface area contributed by atoms with Gasteiger partial charge in [0.05, 0.1) is 31.5 Å². The fraction of sp³-hybridized carbons (Fsp3) is 0.286. The molecule has 0 N–H and O–H groups in total. The monoisotopic (exact) mass is 444 g/mol. The molecule has 162 valence electrons. The average Bonchev–Trinajstić information content (AvgIpc) is 3.12. The summed E-state index contributed by atoms with van der Waals surface area (Å²) in [5.74, 6) is 1.18. The Morgan fingerprint density at radius 3 is 2.45 bits per heavy atom. The lowest BCUT2D eigenvalue weighted by atomic mass is 10.2. The zero-order valence-corrected chi connectivity index (χ0v) is 18.0. The average molecular weight is 444 g/mol. The van der Waals surface area contributed by atoms with Gasteiger partial charge in [-0.25, -0.2) is 0 Å². The number of amides is 1. The molecule has 4 rings (SSSR count). The first-order chi connectivity index (χ1) is 15.0. The van der Waals surface area contributed by atoms with E-state index in [2.05, 4.69) is 4.99 Å². The summed E-state index contributed by atoms with van der Waals surface area (Å²) < 4.78 is 29.0. The smallest absolute Gasteiger partial charge is 0.325 e. The van der Waals surface area contributed by atoms with Crippen LogP contribution in [0.4, 0.5) is 0 Å². The van der Waals surface area contributed by atoms with Gasteiger partial charge >= 0.3 is 5.97 Å². The predicted molar refractivity (Wildman–Crippen MR) is 112 cm³/mol. The molecule has 0 atom stereocenters. The summed E-state index contributed by atoms with van der Waals surface area (Å²) in [6, 6.07) is 8.43. The van der Waals surface area contributed by atoms with Crippen LogP contribution >= 0.6 is 11.3 Å². The second-order valence-corrected chi connectivity index (χ2v) is 7.51. The third-order valence-electron chi connectivity index (χ3n) is 4.69. The van der Waals surface area contributed by atoms with Crippen LogP contribution in [0.15, 0.2) is 35.3 Å². The predicted octanol–water partition coefficient (Wildman–Crippen LogP) is 2.41. The largest absolute Gasteiger partial charge is 0.493 e. The van der Waals surface area contributed by atoms with E-state index >= 15 is 0 Å². The maximum absolute atomic E-state index is 12.9. The van der Waals surface area contributed by atoms with Gasteiger partial charge in [0.2, 0.25) is 0 Å². The van der Waals surface area contributed by atoms with E-state index in [1.54, 1.807) is 34.9 Å². The van der Waals surface area contributed by atoms with E-state index < -0.39 is 11.9 Å². The zero-order chi connectivity index (χ0) is 22.0. The molecule has 3 aromatic rings. The molecule has 1 aliphatic rings. The van der Waals surface area contributed by atoms with Gasteiger partial charge in [-0.05, 0) is 18.2 Å². The SMILES string of the molecule is COC(=O)Cn1c(=NC(=O)c2ccc3c(c2)OCCO3)sc2cc(OC)c(OC)cc21. The Bertz CT molecular complexity index is 1230. The van der Waals surface area contributed by atoms with E-state index in [0.29, 0.717) is 52.1 Å². The fourth-order valence-electron chi connectivity index (χ4n) is 3.16. The molecule has 0 unspecified atom stereocenters. The van der Waals surface area contributed by atoms with Crippen molar-refractivity contribution in [1.82, 2.24) is 4.57 Å². The van der Waals surface area contributed by atoms with Crippen molar-refractivity contribution in [1.29, 1.82) is 0 Å². The fourth-order valence-corrected chi connectivity index (χ4v) is 4.19. The molecule has 2 aromatic carbocycles. The molecule has 1 aromatic heterocycles. The number of rotatable bonds is 5. The summed E-state index contributed by atoms with van der Waals surface area (Å²) in [5, 5.41) is 0. The standard InChI is InChI=1S/C21H20N2O7S/c1-26-15-9-13-18(10-16(15)27-2)31-21(23(13)11-19(24)28-3)22-20(25)12-4-5-14-17(8-12)30-7-6-29-14/h4-5,8-10H,6-7,11H2,1-3H3. The molecule has 0 fully saturated rings. The van der Waals surface area contributed by atoms with E-state index in [9.17, 15) is 9.59 Å². The number of methoxy groups -OCH3 is 3. The second kappa shape index (κ2) is 8.68. The lowest BCUT2D eigenvalue weighted by Crippen LogP contribution is -2.22. The maximum atomic E-state index is 12.9. The van der Waals surface area contributed by atoms with Crippen LogP contribution in [0.2, 0.25) is 0 Å². The molecule has 0 spiro atoms. The highest BCUT2D eigenvalue weighted by Gasteiger charge is 2.18. The second-order valence-electron chi connectivity index (χ2n) is 6.50. The summed E-state index contributed by atoms with van der Waals surface area (Å²) in [4.78, 5) is 29.5. The van der Waals surface area contributed by atoms with E-state index in [-0.39, 0.29) is 6.54 Å². The van der Waals surface area contributed by atoms with Gasteiger partial charge in [-0.15, -0.1) is 0 Å². The minimum Gasteiger partial charge on any atom is -0.493 e. The van der Waals surface area contributed by atoms with Crippen molar-refractivity contribution in [2.75, 3.05) is 34.5 Å². The van der Waals surface area contributed by atoms with E-state index in [0.717, 1.165) is 4.70 Å². The van der Waals surface area contributed by atoms with Crippen LogP contribution in [-0.4, -0.2) is 51.0 Å². The highest BCUT2D eigenvalue weighted by atomic mass is 32.1. The summed E-state index contributed by atoms with van der Waals surface area (Å²) in [6.45, 7) is 0.771. The number of hydrogen-bond acceptors (Lipinski definition) is 8. The van der Waals surface area contributed by atoms with Crippen LogP contribution in [0.25, 0.3) is 10.2 Å². The Balaban J connectivity index is 1.82.